The summed E-state index contributed by atoms with van der Waals surface area (Å²) in [6, 6.07) is 5.68. The van der Waals surface area contributed by atoms with Gasteiger partial charge < -0.3 is 19.5 Å². The molecule has 0 saturated heterocycles. The minimum Gasteiger partial charge on any atom is -0.496 e. The van der Waals surface area contributed by atoms with Crippen LogP contribution in [0, 0.1) is 0 Å². The zero-order chi connectivity index (χ0) is 15.5. The molecule has 0 aliphatic carbocycles. The van der Waals surface area contributed by atoms with E-state index in [4.69, 9.17) is 19.6 Å². The minimum atomic E-state index is -0.00850. The van der Waals surface area contributed by atoms with E-state index in [0.29, 0.717) is 5.75 Å². The van der Waals surface area contributed by atoms with Gasteiger partial charge in [0.2, 0.25) is 0 Å². The number of nitrogens with zero attached hydrogens (tertiary/aromatic N) is 2. The zero-order valence-corrected chi connectivity index (χ0v) is 12.8. The smallest absolute Gasteiger partial charge is 0.140 e. The molecule has 3 rings (SSSR count). The molecule has 116 valence electrons. The summed E-state index contributed by atoms with van der Waals surface area (Å²) in [6.45, 7) is 3.11. The summed E-state index contributed by atoms with van der Waals surface area (Å²) in [4.78, 5) is 6.97. The first-order valence-electron chi connectivity index (χ1n) is 7.32. The summed E-state index contributed by atoms with van der Waals surface area (Å²) in [6.07, 6.45) is 6.41. The molecule has 5 nitrogen and oxygen atoms in total. The Hall–Kier alpha value is -2.27. The van der Waals surface area contributed by atoms with Crippen molar-refractivity contribution < 1.29 is 14.6 Å². The second-order valence-electron chi connectivity index (χ2n) is 5.33. The second kappa shape index (κ2) is 6.23. The lowest BCUT2D eigenvalue weighted by Crippen LogP contribution is -2.26. The molecule has 2 aliphatic heterocycles. The molecule has 0 spiro atoms. The number of aliphatic hydroxyl groups excluding tert-OH is 1. The molecule has 0 radical (unpaired) electrons. The van der Waals surface area contributed by atoms with Crippen LogP contribution in [0.1, 0.15) is 12.5 Å². The average molecular weight is 300 g/mol. The molecule has 0 bridgehead atoms. The van der Waals surface area contributed by atoms with Gasteiger partial charge >= 0.3 is 0 Å². The fourth-order valence-electron chi connectivity index (χ4n) is 2.68. The van der Waals surface area contributed by atoms with Crippen molar-refractivity contribution in [2.75, 3.05) is 26.9 Å². The Labute approximate surface area is 130 Å². The minimum absolute atomic E-state index is 0.00850. The number of allylic oxidation sites excluding steroid dienone is 2. The Morgan fingerprint density at radius 3 is 3.05 bits per heavy atom. The number of benzene rings is 1. The van der Waals surface area contributed by atoms with Crippen LogP contribution in [-0.2, 0) is 0 Å². The van der Waals surface area contributed by atoms with Gasteiger partial charge in [0.1, 0.15) is 24.3 Å². The highest BCUT2D eigenvalue weighted by Crippen LogP contribution is 2.29. The first kappa shape index (κ1) is 14.7. The van der Waals surface area contributed by atoms with Gasteiger partial charge in [-0.25, -0.2) is 0 Å². The number of fused-ring (bicyclic) bond motifs is 1. The summed E-state index contributed by atoms with van der Waals surface area (Å²) >= 11 is 0. The molecule has 0 saturated carbocycles. The van der Waals surface area contributed by atoms with Crippen LogP contribution in [0.5, 0.6) is 11.5 Å². The summed E-state index contributed by atoms with van der Waals surface area (Å²) in [5.74, 6) is 1.42. The number of aliphatic imine (C=N–C) groups is 1. The Bertz CT molecular complexity index is 649. The van der Waals surface area contributed by atoms with E-state index in [-0.39, 0.29) is 19.4 Å². The van der Waals surface area contributed by atoms with E-state index in [9.17, 15) is 0 Å². The second-order valence-corrected chi connectivity index (χ2v) is 5.33. The normalized spacial score (nSPS) is 19.6. The first-order chi connectivity index (χ1) is 10.7. The monoisotopic (exact) mass is 300 g/mol. The van der Waals surface area contributed by atoms with Crippen molar-refractivity contribution in [2.45, 2.75) is 13.1 Å². The summed E-state index contributed by atoms with van der Waals surface area (Å²) < 4.78 is 10.9. The highest BCUT2D eigenvalue weighted by Gasteiger charge is 2.26. The van der Waals surface area contributed by atoms with Gasteiger partial charge in [0.25, 0.3) is 0 Å². The van der Waals surface area contributed by atoms with E-state index < -0.39 is 0 Å². The lowest BCUT2D eigenvalue weighted by atomic mass is 10.1. The van der Waals surface area contributed by atoms with Crippen molar-refractivity contribution >= 4 is 5.71 Å². The van der Waals surface area contributed by atoms with E-state index in [1.807, 2.05) is 18.2 Å². The SMILES string of the molecule is COc1cc(OCCO)ccc1C1=NC2C=CC(C)=CN2C1. The largest absolute Gasteiger partial charge is 0.496 e. The zero-order valence-electron chi connectivity index (χ0n) is 12.8. The van der Waals surface area contributed by atoms with Crippen LogP contribution in [0.15, 0.2) is 47.1 Å². The van der Waals surface area contributed by atoms with Crippen LogP contribution < -0.4 is 9.47 Å². The van der Waals surface area contributed by atoms with Crippen molar-refractivity contribution in [1.82, 2.24) is 4.90 Å². The number of ether oxygens (including phenoxy) is 2. The predicted molar refractivity (Wildman–Crippen MR) is 85.5 cm³/mol. The van der Waals surface area contributed by atoms with Crippen molar-refractivity contribution in [3.05, 3.63) is 47.7 Å². The summed E-state index contributed by atoms with van der Waals surface area (Å²) in [5.41, 5.74) is 3.21. The van der Waals surface area contributed by atoms with E-state index in [1.165, 1.54) is 5.57 Å². The Morgan fingerprint density at radius 1 is 1.41 bits per heavy atom. The van der Waals surface area contributed by atoms with Crippen LogP contribution in [0.2, 0.25) is 0 Å². The maximum Gasteiger partial charge on any atom is 0.140 e. The lowest BCUT2D eigenvalue weighted by Gasteiger charge is -2.22. The van der Waals surface area contributed by atoms with Gasteiger partial charge in [-0.15, -0.1) is 0 Å². The molecule has 0 amide bonds. The number of hydrogen-bond donors (Lipinski definition) is 1. The first-order valence-corrected chi connectivity index (χ1v) is 7.32. The third-order valence-corrected chi connectivity index (χ3v) is 3.70. The molecule has 2 heterocycles. The van der Waals surface area contributed by atoms with Gasteiger partial charge in [0.15, 0.2) is 0 Å². The molecule has 22 heavy (non-hydrogen) atoms. The van der Waals surface area contributed by atoms with Gasteiger partial charge in [-0.1, -0.05) is 6.08 Å². The standard InChI is InChI=1S/C17H20N2O3/c1-12-3-6-17-18-15(11-19(17)10-12)14-5-4-13(22-8-7-20)9-16(14)21-2/h3-6,9-10,17,20H,7-8,11H2,1-2H3. The Kier molecular flexibility index (Phi) is 4.15. The quantitative estimate of drug-likeness (QED) is 0.903. The van der Waals surface area contributed by atoms with Crippen LogP contribution in [0.4, 0.5) is 0 Å². The van der Waals surface area contributed by atoms with Crippen molar-refractivity contribution in [2.24, 2.45) is 4.99 Å². The summed E-state index contributed by atoms with van der Waals surface area (Å²) in [7, 11) is 1.64. The van der Waals surface area contributed by atoms with Crippen LogP contribution in [0.3, 0.4) is 0 Å². The topological polar surface area (TPSA) is 54.3 Å². The Morgan fingerprint density at radius 2 is 2.27 bits per heavy atom. The van der Waals surface area contributed by atoms with Crippen LogP contribution >= 0.6 is 0 Å². The molecule has 2 aliphatic rings. The molecule has 1 unspecified atom stereocenters. The highest BCUT2D eigenvalue weighted by molar-refractivity contribution is 6.05. The predicted octanol–water partition coefficient (Wildman–Crippen LogP) is 1.97. The Balaban J connectivity index is 1.85. The molecule has 0 fully saturated rings. The van der Waals surface area contributed by atoms with Crippen molar-refractivity contribution in [3.63, 3.8) is 0 Å². The summed E-state index contributed by atoms with van der Waals surface area (Å²) in [5, 5.41) is 8.83. The molecule has 0 aromatic heterocycles. The van der Waals surface area contributed by atoms with Gasteiger partial charge in [0.05, 0.1) is 26.0 Å². The van der Waals surface area contributed by atoms with E-state index in [0.717, 1.165) is 23.6 Å². The maximum absolute atomic E-state index is 8.83. The van der Waals surface area contributed by atoms with Crippen molar-refractivity contribution in [1.29, 1.82) is 0 Å². The third kappa shape index (κ3) is 2.85. The fraction of sp³-hybridized carbons (Fsp3) is 0.353. The van der Waals surface area contributed by atoms with E-state index in [2.05, 4.69) is 30.2 Å². The fourth-order valence-corrected chi connectivity index (χ4v) is 2.68. The molecular formula is C17H20N2O3. The molecular weight excluding hydrogens is 280 g/mol. The number of rotatable bonds is 5. The number of hydrogen-bond acceptors (Lipinski definition) is 5. The maximum atomic E-state index is 8.83. The third-order valence-electron chi connectivity index (χ3n) is 3.70. The highest BCUT2D eigenvalue weighted by atomic mass is 16.5. The van der Waals surface area contributed by atoms with Gasteiger partial charge in [0, 0.05) is 17.8 Å². The average Bonchev–Trinajstić information content (AvgIpc) is 2.95. The molecule has 1 aromatic rings. The number of methoxy groups -OCH3 is 1. The molecule has 1 atom stereocenters. The van der Waals surface area contributed by atoms with E-state index >= 15 is 0 Å². The van der Waals surface area contributed by atoms with Gasteiger partial charge in [-0.3, -0.25) is 4.99 Å². The van der Waals surface area contributed by atoms with Crippen LogP contribution in [0.25, 0.3) is 0 Å². The molecule has 5 heteroatoms. The van der Waals surface area contributed by atoms with Gasteiger partial charge in [-0.05, 0) is 30.7 Å². The van der Waals surface area contributed by atoms with Crippen LogP contribution in [-0.4, -0.2) is 48.8 Å². The number of aliphatic hydroxyl groups is 1. The van der Waals surface area contributed by atoms with Crippen molar-refractivity contribution in [3.8, 4) is 11.5 Å². The van der Waals surface area contributed by atoms with Gasteiger partial charge in [-0.2, -0.15) is 0 Å². The molecule has 1 aromatic carbocycles. The molecule has 1 N–H and O–H groups in total. The van der Waals surface area contributed by atoms with E-state index in [1.54, 1.807) is 7.11 Å². The lowest BCUT2D eigenvalue weighted by molar-refractivity contribution is 0.201.